The lowest BCUT2D eigenvalue weighted by atomic mass is 10.0. The maximum atomic E-state index is 6.15. The van der Waals surface area contributed by atoms with Crippen molar-refractivity contribution in [2.24, 2.45) is 0 Å². The van der Waals surface area contributed by atoms with E-state index in [1.165, 1.54) is 16.7 Å². The van der Waals surface area contributed by atoms with E-state index in [0.717, 1.165) is 17.1 Å². The summed E-state index contributed by atoms with van der Waals surface area (Å²) in [5.41, 5.74) is 4.67. The van der Waals surface area contributed by atoms with Crippen molar-refractivity contribution in [1.82, 2.24) is 10.3 Å². The highest BCUT2D eigenvalue weighted by molar-refractivity contribution is 6.31. The molecule has 0 aliphatic heterocycles. The molecule has 1 aromatic carbocycles. The van der Waals surface area contributed by atoms with E-state index in [0.29, 0.717) is 0 Å². The van der Waals surface area contributed by atoms with Crippen molar-refractivity contribution < 1.29 is 0 Å². The average Bonchev–Trinajstić information content (AvgIpc) is 2.33. The molecular weight excluding hydrogens is 232 g/mol. The van der Waals surface area contributed by atoms with Crippen molar-refractivity contribution >= 4 is 11.6 Å². The van der Waals surface area contributed by atoms with Crippen LogP contribution in [-0.4, -0.2) is 12.0 Å². The lowest BCUT2D eigenvalue weighted by Crippen LogP contribution is -2.05. The van der Waals surface area contributed by atoms with Gasteiger partial charge in [0.25, 0.3) is 0 Å². The number of hydrogen-bond acceptors (Lipinski definition) is 2. The highest BCUT2D eigenvalue weighted by Crippen LogP contribution is 2.26. The van der Waals surface area contributed by atoms with Crippen LogP contribution in [0.3, 0.4) is 0 Å². The number of hydrogen-bond donors (Lipinski definition) is 1. The Morgan fingerprint density at radius 2 is 2.12 bits per heavy atom. The van der Waals surface area contributed by atoms with Gasteiger partial charge in [-0.15, -0.1) is 0 Å². The van der Waals surface area contributed by atoms with Gasteiger partial charge >= 0.3 is 0 Å². The summed E-state index contributed by atoms with van der Waals surface area (Å²) in [6, 6.07) is 8.15. The van der Waals surface area contributed by atoms with Crippen molar-refractivity contribution in [2.75, 3.05) is 7.05 Å². The first-order chi connectivity index (χ1) is 8.22. The fourth-order valence-electron chi connectivity index (χ4n) is 1.87. The van der Waals surface area contributed by atoms with Crippen LogP contribution in [0.4, 0.5) is 0 Å². The molecule has 88 valence electrons. The van der Waals surface area contributed by atoms with Crippen LogP contribution in [0.15, 0.2) is 36.7 Å². The Hall–Kier alpha value is -1.38. The predicted molar refractivity (Wildman–Crippen MR) is 72.2 cm³/mol. The molecule has 2 nitrogen and oxygen atoms in total. The number of pyridine rings is 1. The Balaban J connectivity index is 2.46. The molecule has 0 atom stereocenters. The Morgan fingerprint density at radius 1 is 1.29 bits per heavy atom. The van der Waals surface area contributed by atoms with Crippen LogP contribution in [-0.2, 0) is 6.54 Å². The van der Waals surface area contributed by atoms with Crippen molar-refractivity contribution in [1.29, 1.82) is 0 Å². The molecule has 0 spiro atoms. The Kier molecular flexibility index (Phi) is 3.77. The second-order valence-electron chi connectivity index (χ2n) is 4.03. The monoisotopic (exact) mass is 246 g/mol. The van der Waals surface area contributed by atoms with Crippen molar-refractivity contribution in [2.45, 2.75) is 13.5 Å². The molecule has 0 unspecified atom stereocenters. The van der Waals surface area contributed by atoms with Gasteiger partial charge in [-0.1, -0.05) is 17.7 Å². The minimum atomic E-state index is 0.775. The maximum absolute atomic E-state index is 6.15. The Morgan fingerprint density at radius 3 is 2.82 bits per heavy atom. The van der Waals surface area contributed by atoms with Gasteiger partial charge in [0.15, 0.2) is 0 Å². The van der Waals surface area contributed by atoms with Crippen LogP contribution in [0.5, 0.6) is 0 Å². The van der Waals surface area contributed by atoms with E-state index in [9.17, 15) is 0 Å². The van der Waals surface area contributed by atoms with Gasteiger partial charge in [-0.25, -0.2) is 0 Å². The Bertz CT molecular complexity index is 523. The summed E-state index contributed by atoms with van der Waals surface area (Å²) in [6.07, 6.45) is 3.69. The molecule has 0 radical (unpaired) electrons. The summed E-state index contributed by atoms with van der Waals surface area (Å²) in [6.45, 7) is 2.84. The van der Waals surface area contributed by atoms with E-state index >= 15 is 0 Å². The number of benzene rings is 1. The lowest BCUT2D eigenvalue weighted by Gasteiger charge is -2.09. The number of aromatic nitrogens is 1. The third-order valence-corrected chi connectivity index (χ3v) is 3.11. The second kappa shape index (κ2) is 5.30. The predicted octanol–water partition coefficient (Wildman–Crippen LogP) is 3.43. The highest BCUT2D eigenvalue weighted by Gasteiger charge is 2.05. The third kappa shape index (κ3) is 2.65. The van der Waals surface area contributed by atoms with Crippen LogP contribution in [0.2, 0.25) is 5.02 Å². The lowest BCUT2D eigenvalue weighted by molar-refractivity contribution is 0.818. The fraction of sp³-hybridized carbons (Fsp3) is 0.214. The molecule has 0 bridgehead atoms. The van der Waals surface area contributed by atoms with Gasteiger partial charge in [0, 0.05) is 24.0 Å². The van der Waals surface area contributed by atoms with E-state index in [1.807, 2.05) is 37.6 Å². The smallest absolute Gasteiger partial charge is 0.0451 e. The summed E-state index contributed by atoms with van der Waals surface area (Å²) in [5, 5.41) is 3.92. The topological polar surface area (TPSA) is 24.9 Å². The van der Waals surface area contributed by atoms with Crippen molar-refractivity contribution in [3.8, 4) is 11.1 Å². The van der Waals surface area contributed by atoms with E-state index in [-0.39, 0.29) is 0 Å². The van der Waals surface area contributed by atoms with Gasteiger partial charge in [0.1, 0.15) is 0 Å². The summed E-state index contributed by atoms with van der Waals surface area (Å²) < 4.78 is 0. The molecule has 1 heterocycles. The van der Waals surface area contributed by atoms with Crippen LogP contribution >= 0.6 is 11.6 Å². The van der Waals surface area contributed by atoms with Crippen LogP contribution in [0.25, 0.3) is 11.1 Å². The van der Waals surface area contributed by atoms with E-state index in [1.54, 1.807) is 0 Å². The van der Waals surface area contributed by atoms with Gasteiger partial charge in [-0.2, -0.15) is 0 Å². The van der Waals surface area contributed by atoms with E-state index in [4.69, 9.17) is 11.6 Å². The normalized spacial score (nSPS) is 10.5. The zero-order valence-electron chi connectivity index (χ0n) is 10.00. The summed E-state index contributed by atoms with van der Waals surface area (Å²) in [5.74, 6) is 0. The highest BCUT2D eigenvalue weighted by atomic mass is 35.5. The molecule has 2 rings (SSSR count). The molecule has 0 aliphatic carbocycles. The van der Waals surface area contributed by atoms with E-state index < -0.39 is 0 Å². The van der Waals surface area contributed by atoms with Crippen molar-refractivity contribution in [3.63, 3.8) is 0 Å². The zero-order chi connectivity index (χ0) is 12.3. The van der Waals surface area contributed by atoms with Gasteiger partial charge in [-0.05, 0) is 54.4 Å². The Labute approximate surface area is 107 Å². The standard InChI is InChI=1S/C14H15ClN2/c1-10-8-17-6-5-13(10)11-3-4-14(15)12(7-11)9-16-2/h3-8,16H,9H2,1-2H3. The largest absolute Gasteiger partial charge is 0.316 e. The van der Waals surface area contributed by atoms with Crippen molar-refractivity contribution in [3.05, 3.63) is 52.8 Å². The number of rotatable bonds is 3. The maximum Gasteiger partial charge on any atom is 0.0451 e. The first kappa shape index (κ1) is 12.1. The summed E-state index contributed by atoms with van der Waals surface area (Å²) in [7, 11) is 1.92. The number of nitrogens with one attached hydrogen (secondary N) is 1. The third-order valence-electron chi connectivity index (χ3n) is 2.74. The molecule has 0 amide bonds. The minimum Gasteiger partial charge on any atom is -0.316 e. The second-order valence-corrected chi connectivity index (χ2v) is 4.43. The van der Waals surface area contributed by atoms with Gasteiger partial charge in [0.05, 0.1) is 0 Å². The molecule has 1 N–H and O–H groups in total. The van der Waals surface area contributed by atoms with E-state index in [2.05, 4.69) is 23.3 Å². The van der Waals surface area contributed by atoms with Crippen LogP contribution in [0.1, 0.15) is 11.1 Å². The van der Waals surface area contributed by atoms with Gasteiger partial charge < -0.3 is 5.32 Å². The molecule has 17 heavy (non-hydrogen) atoms. The molecule has 2 aromatic rings. The number of aryl methyl sites for hydroxylation is 1. The first-order valence-electron chi connectivity index (χ1n) is 5.56. The molecular formula is C14H15ClN2. The van der Waals surface area contributed by atoms with Gasteiger partial charge in [-0.3, -0.25) is 4.98 Å². The number of nitrogens with zero attached hydrogens (tertiary/aromatic N) is 1. The fourth-order valence-corrected chi connectivity index (χ4v) is 2.05. The molecule has 0 fully saturated rings. The molecule has 1 aromatic heterocycles. The number of halogens is 1. The molecule has 0 saturated carbocycles. The average molecular weight is 247 g/mol. The first-order valence-corrected chi connectivity index (χ1v) is 5.94. The minimum absolute atomic E-state index is 0.775. The molecule has 0 saturated heterocycles. The quantitative estimate of drug-likeness (QED) is 0.898. The van der Waals surface area contributed by atoms with Crippen LogP contribution in [0, 0.1) is 6.92 Å². The SMILES string of the molecule is CNCc1cc(-c2ccncc2C)ccc1Cl. The zero-order valence-corrected chi connectivity index (χ0v) is 10.8. The summed E-state index contributed by atoms with van der Waals surface area (Å²) >= 11 is 6.15. The molecule has 0 aliphatic rings. The van der Waals surface area contributed by atoms with Crippen LogP contribution < -0.4 is 5.32 Å². The summed E-state index contributed by atoms with van der Waals surface area (Å²) in [4.78, 5) is 4.11. The van der Waals surface area contributed by atoms with Gasteiger partial charge in [0.2, 0.25) is 0 Å². The molecule has 3 heteroatoms.